The van der Waals surface area contributed by atoms with E-state index < -0.39 is 23.6 Å². The van der Waals surface area contributed by atoms with Gasteiger partial charge >= 0.3 is 0 Å². The minimum Gasteiger partial charge on any atom is -0.383 e. The van der Waals surface area contributed by atoms with Crippen molar-refractivity contribution in [3.63, 3.8) is 0 Å². The van der Waals surface area contributed by atoms with Crippen LogP contribution in [0.3, 0.4) is 0 Å². The molecule has 4 aromatic rings. The topological polar surface area (TPSA) is 114 Å². The van der Waals surface area contributed by atoms with Crippen molar-refractivity contribution in [1.29, 1.82) is 0 Å². The van der Waals surface area contributed by atoms with Crippen LogP contribution in [0, 0.1) is 11.6 Å². The van der Waals surface area contributed by atoms with E-state index in [-0.39, 0.29) is 30.2 Å². The van der Waals surface area contributed by atoms with Crippen molar-refractivity contribution in [2.24, 2.45) is 0 Å². The van der Waals surface area contributed by atoms with Crippen LogP contribution >= 0.6 is 0 Å². The number of nitrogens with zero attached hydrogens (tertiary/aromatic N) is 2. The lowest BCUT2D eigenvalue weighted by atomic mass is 9.96. The predicted molar refractivity (Wildman–Crippen MR) is 133 cm³/mol. The summed E-state index contributed by atoms with van der Waals surface area (Å²) in [7, 11) is 0. The van der Waals surface area contributed by atoms with Gasteiger partial charge in [0.2, 0.25) is 0 Å². The lowest BCUT2D eigenvalue weighted by molar-refractivity contribution is -0.120. The van der Waals surface area contributed by atoms with Crippen LogP contribution < -0.4 is 11.1 Å². The largest absolute Gasteiger partial charge is 0.383 e. The van der Waals surface area contributed by atoms with E-state index in [2.05, 4.69) is 20.5 Å². The van der Waals surface area contributed by atoms with Gasteiger partial charge in [-0.3, -0.25) is 14.7 Å². The molecular weight excluding hydrogens is 464 g/mol. The number of nitrogen functional groups attached to an aromatic ring is 1. The molecule has 1 amide bonds. The summed E-state index contributed by atoms with van der Waals surface area (Å²) in [6.07, 6.45) is 2.21. The standard InChI is InChI=1S/C27H27F2N5O2/c1-15(2)22-14-24(34-33-22)27(36)32-23(13-17-4-7-20(28)21(29)12-17)25(35)8-5-16-3-6-19-18(11-16)9-10-31-26(19)30/h3-4,6-7,9-12,14-15,23H,5,8,13H2,1-2H3,(H2,30,31)(H,32,36)(H,33,34)/t23-/m0/s1. The van der Waals surface area contributed by atoms with Crippen molar-refractivity contribution < 1.29 is 18.4 Å². The predicted octanol–water partition coefficient (Wildman–Crippen LogP) is 4.48. The molecule has 4 N–H and O–H groups in total. The highest BCUT2D eigenvalue weighted by Crippen LogP contribution is 2.21. The molecule has 9 heteroatoms. The molecule has 7 nitrogen and oxygen atoms in total. The molecule has 186 valence electrons. The van der Waals surface area contributed by atoms with Crippen LogP contribution in [0.15, 0.2) is 54.7 Å². The maximum atomic E-state index is 13.8. The number of H-pyrrole nitrogens is 1. The lowest BCUT2D eigenvalue weighted by Gasteiger charge is -2.18. The van der Waals surface area contributed by atoms with Crippen LogP contribution in [0.4, 0.5) is 14.6 Å². The van der Waals surface area contributed by atoms with Crippen molar-refractivity contribution >= 4 is 28.3 Å². The van der Waals surface area contributed by atoms with Gasteiger partial charge in [0, 0.05) is 23.7 Å². The van der Waals surface area contributed by atoms with Crippen LogP contribution in [0.1, 0.15) is 53.5 Å². The number of nitrogens with one attached hydrogen (secondary N) is 2. The summed E-state index contributed by atoms with van der Waals surface area (Å²) in [5.74, 6) is -2.16. The first-order valence-electron chi connectivity index (χ1n) is 11.7. The van der Waals surface area contributed by atoms with E-state index in [9.17, 15) is 18.4 Å². The van der Waals surface area contributed by atoms with Crippen molar-refractivity contribution in [1.82, 2.24) is 20.5 Å². The van der Waals surface area contributed by atoms with Gasteiger partial charge in [-0.15, -0.1) is 0 Å². The Hall–Kier alpha value is -4.14. The zero-order valence-corrected chi connectivity index (χ0v) is 20.0. The number of benzene rings is 2. The number of pyridine rings is 1. The van der Waals surface area contributed by atoms with Crippen LogP contribution in [0.5, 0.6) is 0 Å². The Kier molecular flexibility index (Phi) is 7.38. The number of anilines is 1. The fourth-order valence-corrected chi connectivity index (χ4v) is 3.98. The first kappa shape index (κ1) is 25.0. The van der Waals surface area contributed by atoms with Gasteiger partial charge in [0.1, 0.15) is 11.5 Å². The second-order valence-electron chi connectivity index (χ2n) is 9.06. The molecule has 36 heavy (non-hydrogen) atoms. The number of hydrogen-bond donors (Lipinski definition) is 3. The van der Waals surface area contributed by atoms with E-state index in [4.69, 9.17) is 5.73 Å². The minimum atomic E-state index is -1.01. The zero-order chi connectivity index (χ0) is 25.8. The maximum absolute atomic E-state index is 13.8. The fourth-order valence-electron chi connectivity index (χ4n) is 3.98. The molecule has 0 aliphatic heterocycles. The van der Waals surface area contributed by atoms with E-state index in [1.54, 1.807) is 12.3 Å². The number of aromatic nitrogens is 3. The molecule has 0 saturated heterocycles. The number of carbonyl (C=O) groups excluding carboxylic acids is 2. The summed E-state index contributed by atoms with van der Waals surface area (Å²) >= 11 is 0. The third-order valence-electron chi connectivity index (χ3n) is 6.09. The van der Waals surface area contributed by atoms with Gasteiger partial charge in [-0.1, -0.05) is 38.1 Å². The van der Waals surface area contributed by atoms with Crippen molar-refractivity contribution in [3.8, 4) is 0 Å². The molecule has 0 bridgehead atoms. The molecule has 4 rings (SSSR count). The smallest absolute Gasteiger partial charge is 0.272 e. The van der Waals surface area contributed by atoms with E-state index in [0.29, 0.717) is 17.8 Å². The van der Waals surface area contributed by atoms with Crippen molar-refractivity contribution in [2.75, 3.05) is 5.73 Å². The Morgan fingerprint density at radius 1 is 1.03 bits per heavy atom. The van der Waals surface area contributed by atoms with Gasteiger partial charge in [-0.2, -0.15) is 5.10 Å². The average molecular weight is 492 g/mol. The van der Waals surface area contributed by atoms with Gasteiger partial charge in [0.05, 0.1) is 6.04 Å². The molecule has 0 spiro atoms. The fraction of sp³-hybridized carbons (Fsp3) is 0.259. The number of nitrogens with two attached hydrogens (primary N) is 1. The number of carbonyl (C=O) groups is 2. The number of ketones is 1. The zero-order valence-electron chi connectivity index (χ0n) is 20.0. The van der Waals surface area contributed by atoms with Gasteiger partial charge in [-0.05, 0) is 59.5 Å². The molecule has 0 fully saturated rings. The number of Topliss-reactive ketones (excluding diaryl/α,β-unsaturated/α-hetero) is 1. The summed E-state index contributed by atoms with van der Waals surface area (Å²) in [4.78, 5) is 30.2. The molecule has 0 radical (unpaired) electrons. The quantitative estimate of drug-likeness (QED) is 0.319. The van der Waals surface area contributed by atoms with Crippen molar-refractivity contribution in [3.05, 3.63) is 88.9 Å². The number of aromatic amines is 1. The third kappa shape index (κ3) is 5.73. The Labute approximate surface area is 207 Å². The molecule has 2 aromatic heterocycles. The second-order valence-corrected chi connectivity index (χ2v) is 9.06. The number of aryl methyl sites for hydroxylation is 1. The van der Waals surface area contributed by atoms with Gasteiger partial charge in [0.15, 0.2) is 17.4 Å². The van der Waals surface area contributed by atoms with Crippen molar-refractivity contribution in [2.45, 2.75) is 45.1 Å². The average Bonchev–Trinajstić information content (AvgIpc) is 3.35. The number of rotatable bonds is 9. The Morgan fingerprint density at radius 3 is 2.53 bits per heavy atom. The molecule has 0 unspecified atom stereocenters. The van der Waals surface area contributed by atoms with E-state index in [1.807, 2.05) is 38.1 Å². The SMILES string of the molecule is CC(C)c1cc(C(=O)N[C@@H](Cc2ccc(F)c(F)c2)C(=O)CCc2ccc3c(N)nccc3c2)n[nH]1. The summed E-state index contributed by atoms with van der Waals surface area (Å²) in [5, 5.41) is 11.3. The Bertz CT molecular complexity index is 1420. The van der Waals surface area contributed by atoms with Gasteiger partial charge < -0.3 is 11.1 Å². The van der Waals surface area contributed by atoms with E-state index >= 15 is 0 Å². The molecule has 0 saturated carbocycles. The molecule has 2 aromatic carbocycles. The normalized spacial score (nSPS) is 12.1. The van der Waals surface area contributed by atoms with E-state index in [0.717, 1.165) is 34.2 Å². The summed E-state index contributed by atoms with van der Waals surface area (Å²) in [6.45, 7) is 3.92. The highest BCUT2D eigenvalue weighted by atomic mass is 19.2. The first-order chi connectivity index (χ1) is 17.2. The Balaban J connectivity index is 1.51. The number of fused-ring (bicyclic) bond motifs is 1. The summed E-state index contributed by atoms with van der Waals surface area (Å²) in [6, 6.07) is 11.7. The second kappa shape index (κ2) is 10.6. The monoisotopic (exact) mass is 491 g/mol. The molecule has 2 heterocycles. The maximum Gasteiger partial charge on any atom is 0.272 e. The van der Waals surface area contributed by atoms with E-state index in [1.165, 1.54) is 6.07 Å². The van der Waals surface area contributed by atoms with Gasteiger partial charge in [0.25, 0.3) is 5.91 Å². The first-order valence-corrected chi connectivity index (χ1v) is 11.7. The highest BCUT2D eigenvalue weighted by molar-refractivity contribution is 5.97. The molecule has 0 aliphatic carbocycles. The van der Waals surface area contributed by atoms with Gasteiger partial charge in [-0.25, -0.2) is 13.8 Å². The summed E-state index contributed by atoms with van der Waals surface area (Å²) < 4.78 is 27.2. The van der Waals surface area contributed by atoms with Crippen LogP contribution in [-0.2, 0) is 17.6 Å². The number of hydrogen-bond acceptors (Lipinski definition) is 5. The molecule has 0 aliphatic rings. The third-order valence-corrected chi connectivity index (χ3v) is 6.09. The van der Waals surface area contributed by atoms with Crippen LogP contribution in [0.2, 0.25) is 0 Å². The van der Waals surface area contributed by atoms with Crippen LogP contribution in [0.25, 0.3) is 10.8 Å². The minimum absolute atomic E-state index is 0.0170. The Morgan fingerprint density at radius 2 is 1.81 bits per heavy atom. The number of amides is 1. The molecule has 1 atom stereocenters. The number of halogens is 2. The lowest BCUT2D eigenvalue weighted by Crippen LogP contribution is -2.42. The van der Waals surface area contributed by atoms with Crippen LogP contribution in [-0.4, -0.2) is 32.9 Å². The summed E-state index contributed by atoms with van der Waals surface area (Å²) in [5.41, 5.74) is 8.17. The molecular formula is C27H27F2N5O2. The highest BCUT2D eigenvalue weighted by Gasteiger charge is 2.24.